The molecule has 0 saturated heterocycles. The van der Waals surface area contributed by atoms with Gasteiger partial charge in [-0.05, 0) is 38.5 Å². The number of amides is 2. The summed E-state index contributed by atoms with van der Waals surface area (Å²) in [5, 5.41) is 33.1. The smallest absolute Gasteiger partial charge is 0.320 e. The lowest BCUT2D eigenvalue weighted by Crippen LogP contribution is -2.37. The summed E-state index contributed by atoms with van der Waals surface area (Å²) in [7, 11) is 0. The number of hydrogen-bond acceptors (Lipinski definition) is 6. The van der Waals surface area contributed by atoms with Gasteiger partial charge >= 0.3 is 5.97 Å². The molecule has 2 amide bonds. The molecule has 9 nitrogen and oxygen atoms in total. The van der Waals surface area contributed by atoms with Crippen molar-refractivity contribution in [1.29, 1.82) is 0 Å². The molecule has 38 heavy (non-hydrogen) atoms. The Labute approximate surface area is 229 Å². The molecule has 7 N–H and O–H groups in total. The van der Waals surface area contributed by atoms with Crippen LogP contribution in [-0.4, -0.2) is 51.7 Å². The van der Waals surface area contributed by atoms with Gasteiger partial charge in [0, 0.05) is 25.8 Å². The van der Waals surface area contributed by atoms with Crippen LogP contribution in [0.15, 0.2) is 24.7 Å². The van der Waals surface area contributed by atoms with Crippen LogP contribution in [0.4, 0.5) is 0 Å². The number of aliphatic hydroxyl groups is 2. The molecule has 2 atom stereocenters. The SMILES string of the molecule is C=C(O)CCCCCCCCCCCCCCC(=O)N[C@@H](CCC(=O)NCCCC[C@H](N)C(=O)O)C(=C)O. The van der Waals surface area contributed by atoms with Gasteiger partial charge in [-0.15, -0.1) is 0 Å². The average Bonchev–Trinajstić information content (AvgIpc) is 2.85. The van der Waals surface area contributed by atoms with Gasteiger partial charge in [0.2, 0.25) is 11.8 Å². The third-order valence-electron chi connectivity index (χ3n) is 6.60. The second-order valence-electron chi connectivity index (χ2n) is 10.2. The molecule has 0 aliphatic carbocycles. The minimum atomic E-state index is -1.03. The zero-order valence-corrected chi connectivity index (χ0v) is 23.4. The summed E-state index contributed by atoms with van der Waals surface area (Å²) < 4.78 is 0. The van der Waals surface area contributed by atoms with Crippen molar-refractivity contribution in [3.63, 3.8) is 0 Å². The Hall–Kier alpha value is -2.55. The molecule has 0 aliphatic heterocycles. The van der Waals surface area contributed by atoms with Gasteiger partial charge in [0.05, 0.1) is 11.8 Å². The molecule has 9 heteroatoms. The average molecular weight is 540 g/mol. The first kappa shape index (κ1) is 35.5. The van der Waals surface area contributed by atoms with Gasteiger partial charge < -0.3 is 31.7 Å². The topological polar surface area (TPSA) is 162 Å². The van der Waals surface area contributed by atoms with E-state index in [1.165, 1.54) is 44.9 Å². The molecule has 220 valence electrons. The fourth-order valence-corrected chi connectivity index (χ4v) is 4.18. The summed E-state index contributed by atoms with van der Waals surface area (Å²) in [6.45, 7) is 7.44. The number of rotatable bonds is 26. The number of hydrogen-bond donors (Lipinski definition) is 6. The van der Waals surface area contributed by atoms with Gasteiger partial charge in [0.15, 0.2) is 0 Å². The van der Waals surface area contributed by atoms with Crippen molar-refractivity contribution in [3.8, 4) is 0 Å². The minimum Gasteiger partial charge on any atom is -0.513 e. The van der Waals surface area contributed by atoms with Crippen LogP contribution in [0.5, 0.6) is 0 Å². The van der Waals surface area contributed by atoms with E-state index in [1.807, 2.05) is 0 Å². The quantitative estimate of drug-likeness (QED) is 0.0619. The van der Waals surface area contributed by atoms with Gasteiger partial charge in [-0.1, -0.05) is 77.4 Å². The number of allylic oxidation sites excluding steroid dienone is 1. The van der Waals surface area contributed by atoms with E-state index < -0.39 is 18.1 Å². The zero-order valence-electron chi connectivity index (χ0n) is 23.4. The maximum absolute atomic E-state index is 12.3. The van der Waals surface area contributed by atoms with E-state index in [0.717, 1.165) is 38.5 Å². The van der Waals surface area contributed by atoms with Crippen molar-refractivity contribution in [1.82, 2.24) is 10.6 Å². The van der Waals surface area contributed by atoms with E-state index in [2.05, 4.69) is 23.8 Å². The highest BCUT2D eigenvalue weighted by molar-refractivity contribution is 5.77. The van der Waals surface area contributed by atoms with Crippen molar-refractivity contribution < 1.29 is 29.7 Å². The van der Waals surface area contributed by atoms with E-state index in [-0.39, 0.29) is 36.2 Å². The monoisotopic (exact) mass is 539 g/mol. The van der Waals surface area contributed by atoms with Gasteiger partial charge in [-0.2, -0.15) is 0 Å². The first-order valence-electron chi connectivity index (χ1n) is 14.4. The normalized spacial score (nSPS) is 12.4. The molecule has 0 heterocycles. The van der Waals surface area contributed by atoms with E-state index in [9.17, 15) is 19.5 Å². The fraction of sp³-hybridized carbons (Fsp3) is 0.759. The predicted octanol–water partition coefficient (Wildman–Crippen LogP) is 5.55. The molecule has 0 fully saturated rings. The second-order valence-corrected chi connectivity index (χ2v) is 10.2. The molecule has 0 spiro atoms. The standard InChI is InChI=1S/C29H53N3O6/c1-23(33)17-13-11-9-7-5-3-4-6-8-10-12-14-19-28(36)32-26(24(2)34)20-21-27(35)31-22-16-15-18-25(30)29(37)38/h25-26,33-34H,1-22,30H2,(H,31,35)(H,32,36)(H,37,38)/t25-,26-/m0/s1. The Kier molecular flexibility index (Phi) is 22.0. The van der Waals surface area contributed by atoms with Crippen LogP contribution in [0.1, 0.15) is 122 Å². The Morgan fingerprint density at radius 3 is 1.61 bits per heavy atom. The number of nitrogens with one attached hydrogen (secondary N) is 2. The van der Waals surface area contributed by atoms with E-state index >= 15 is 0 Å². The molecule has 0 unspecified atom stereocenters. The van der Waals surface area contributed by atoms with Crippen LogP contribution in [0.25, 0.3) is 0 Å². The van der Waals surface area contributed by atoms with Gasteiger partial charge in [-0.25, -0.2) is 0 Å². The van der Waals surface area contributed by atoms with Crippen LogP contribution in [-0.2, 0) is 14.4 Å². The summed E-state index contributed by atoms with van der Waals surface area (Å²) in [5.41, 5.74) is 5.44. The molecule has 0 aromatic carbocycles. The lowest BCUT2D eigenvalue weighted by Gasteiger charge is -2.17. The van der Waals surface area contributed by atoms with Crippen molar-refractivity contribution in [2.75, 3.05) is 6.54 Å². The van der Waals surface area contributed by atoms with Crippen molar-refractivity contribution in [2.45, 2.75) is 134 Å². The van der Waals surface area contributed by atoms with Crippen LogP contribution in [0.2, 0.25) is 0 Å². The number of carboxylic acid groups (broad SMARTS) is 1. The van der Waals surface area contributed by atoms with Crippen LogP contribution in [0.3, 0.4) is 0 Å². The number of unbranched alkanes of at least 4 members (excludes halogenated alkanes) is 12. The van der Waals surface area contributed by atoms with Gasteiger partial charge in [0.1, 0.15) is 11.8 Å². The Bertz CT molecular complexity index is 698. The minimum absolute atomic E-state index is 0.138. The largest absolute Gasteiger partial charge is 0.513 e. The predicted molar refractivity (Wildman–Crippen MR) is 152 cm³/mol. The van der Waals surface area contributed by atoms with Crippen LogP contribution < -0.4 is 16.4 Å². The molecule has 0 saturated carbocycles. The Morgan fingerprint density at radius 1 is 0.632 bits per heavy atom. The summed E-state index contributed by atoms with van der Waals surface area (Å²) in [5.74, 6) is -1.25. The number of aliphatic hydroxyl groups excluding tert-OH is 2. The van der Waals surface area contributed by atoms with Crippen molar-refractivity contribution in [2.24, 2.45) is 5.73 Å². The molecule has 0 aromatic rings. The number of nitrogens with two attached hydrogens (primary N) is 1. The highest BCUT2D eigenvalue weighted by Crippen LogP contribution is 2.14. The third kappa shape index (κ3) is 22.6. The first-order valence-corrected chi connectivity index (χ1v) is 14.4. The molecule has 0 aromatic heterocycles. The summed E-state index contributed by atoms with van der Waals surface area (Å²) in [4.78, 5) is 35.0. The van der Waals surface area contributed by atoms with E-state index in [0.29, 0.717) is 32.2 Å². The summed E-state index contributed by atoms with van der Waals surface area (Å²) >= 11 is 0. The maximum Gasteiger partial charge on any atom is 0.320 e. The summed E-state index contributed by atoms with van der Waals surface area (Å²) in [6.07, 6.45) is 16.8. The second kappa shape index (κ2) is 23.6. The first-order chi connectivity index (χ1) is 18.1. The number of aliphatic carboxylic acids is 1. The third-order valence-corrected chi connectivity index (χ3v) is 6.60. The molecule has 0 aliphatic rings. The highest BCUT2D eigenvalue weighted by Gasteiger charge is 2.17. The Balaban J connectivity index is 3.75. The van der Waals surface area contributed by atoms with E-state index in [1.54, 1.807) is 0 Å². The molecule has 0 rings (SSSR count). The molecule has 0 radical (unpaired) electrons. The lowest BCUT2D eigenvalue weighted by molar-refractivity contribution is -0.138. The fourth-order valence-electron chi connectivity index (χ4n) is 4.18. The van der Waals surface area contributed by atoms with E-state index in [4.69, 9.17) is 15.9 Å². The maximum atomic E-state index is 12.3. The van der Waals surface area contributed by atoms with Crippen LogP contribution in [0, 0.1) is 0 Å². The van der Waals surface area contributed by atoms with Crippen molar-refractivity contribution in [3.05, 3.63) is 24.7 Å². The number of carbonyl (C=O) groups excluding carboxylic acids is 2. The number of carboxylic acids is 1. The van der Waals surface area contributed by atoms with Gasteiger partial charge in [-0.3, -0.25) is 14.4 Å². The molecular weight excluding hydrogens is 486 g/mol. The zero-order chi connectivity index (χ0) is 28.6. The van der Waals surface area contributed by atoms with Gasteiger partial charge in [0.25, 0.3) is 0 Å². The number of carbonyl (C=O) groups is 3. The lowest BCUT2D eigenvalue weighted by atomic mass is 10.0. The van der Waals surface area contributed by atoms with Crippen LogP contribution >= 0.6 is 0 Å². The Morgan fingerprint density at radius 2 is 1.13 bits per heavy atom. The molecule has 0 bridgehead atoms. The summed E-state index contributed by atoms with van der Waals surface area (Å²) in [6, 6.07) is -1.54. The highest BCUT2D eigenvalue weighted by atomic mass is 16.4. The molecular formula is C29H53N3O6. The van der Waals surface area contributed by atoms with Crippen molar-refractivity contribution >= 4 is 17.8 Å².